The van der Waals surface area contributed by atoms with Gasteiger partial charge in [0, 0.05) is 12.0 Å². The van der Waals surface area contributed by atoms with E-state index in [0.717, 1.165) is 18.4 Å². The number of fused-ring (bicyclic) bond motifs is 2. The van der Waals surface area contributed by atoms with Crippen LogP contribution in [0.2, 0.25) is 0 Å². The summed E-state index contributed by atoms with van der Waals surface area (Å²) in [7, 11) is 0. The number of oxime groups is 1. The Labute approximate surface area is 157 Å². The number of hydrogen-bond donors (Lipinski definition) is 1. The SMILES string of the molecule is CCCCOC(=O)O/N=C1/Cc2ccccc2N(C(N)=O)c2ccccc21. The van der Waals surface area contributed by atoms with Crippen molar-refractivity contribution in [3.63, 3.8) is 0 Å². The van der Waals surface area contributed by atoms with Crippen molar-refractivity contribution < 1.29 is 19.2 Å². The standard InChI is InChI=1S/C20H21N3O4/c1-2-3-12-26-20(25)27-22-16-13-14-8-4-6-10-17(14)23(19(21)24)18-11-7-5-9-15(16)18/h4-11H,2-3,12-13H2,1H3,(H2,21,24)/b22-16-. The lowest BCUT2D eigenvalue weighted by molar-refractivity contribution is 0.0564. The maximum absolute atomic E-state index is 12.2. The first-order chi connectivity index (χ1) is 13.1. The van der Waals surface area contributed by atoms with Crippen LogP contribution in [0.25, 0.3) is 0 Å². The van der Waals surface area contributed by atoms with Gasteiger partial charge < -0.3 is 10.5 Å². The second-order valence-corrected chi connectivity index (χ2v) is 6.08. The summed E-state index contributed by atoms with van der Waals surface area (Å²) in [5.41, 5.74) is 8.91. The molecule has 140 valence electrons. The zero-order valence-corrected chi connectivity index (χ0v) is 15.1. The monoisotopic (exact) mass is 367 g/mol. The van der Waals surface area contributed by atoms with Crippen molar-refractivity contribution in [2.75, 3.05) is 11.5 Å². The normalized spacial score (nSPS) is 14.1. The fourth-order valence-electron chi connectivity index (χ4n) is 2.93. The Morgan fingerprint density at radius 1 is 1.11 bits per heavy atom. The van der Waals surface area contributed by atoms with Gasteiger partial charge in [0.15, 0.2) is 0 Å². The highest BCUT2D eigenvalue weighted by Gasteiger charge is 2.27. The van der Waals surface area contributed by atoms with Crippen molar-refractivity contribution in [3.8, 4) is 0 Å². The molecule has 7 heteroatoms. The fraction of sp³-hybridized carbons (Fsp3) is 0.250. The molecule has 1 aliphatic heterocycles. The Balaban J connectivity index is 1.98. The van der Waals surface area contributed by atoms with Gasteiger partial charge in [-0.05, 0) is 24.1 Å². The summed E-state index contributed by atoms with van der Waals surface area (Å²) in [6.07, 6.45) is 1.20. The Bertz CT molecular complexity index is 879. The van der Waals surface area contributed by atoms with E-state index in [1.165, 1.54) is 4.90 Å². The number of rotatable bonds is 4. The number of anilines is 2. The number of benzene rings is 2. The number of para-hydroxylation sites is 2. The van der Waals surface area contributed by atoms with Crippen LogP contribution in [0.3, 0.4) is 0 Å². The highest BCUT2D eigenvalue weighted by molar-refractivity contribution is 6.13. The van der Waals surface area contributed by atoms with E-state index in [-0.39, 0.29) is 6.61 Å². The molecular formula is C20H21N3O4. The number of primary amides is 1. The van der Waals surface area contributed by atoms with E-state index in [9.17, 15) is 9.59 Å². The van der Waals surface area contributed by atoms with Gasteiger partial charge >= 0.3 is 12.2 Å². The average molecular weight is 367 g/mol. The van der Waals surface area contributed by atoms with Crippen LogP contribution >= 0.6 is 0 Å². The predicted molar refractivity (Wildman–Crippen MR) is 102 cm³/mol. The van der Waals surface area contributed by atoms with Gasteiger partial charge in [-0.1, -0.05) is 54.9 Å². The van der Waals surface area contributed by atoms with Crippen molar-refractivity contribution in [1.82, 2.24) is 0 Å². The lowest BCUT2D eigenvalue weighted by atomic mass is 10.0. The van der Waals surface area contributed by atoms with E-state index in [1.807, 2.05) is 43.3 Å². The molecule has 0 unspecified atom stereocenters. The molecule has 0 spiro atoms. The maximum atomic E-state index is 12.2. The van der Waals surface area contributed by atoms with Crippen LogP contribution in [0.4, 0.5) is 21.0 Å². The predicted octanol–water partition coefficient (Wildman–Crippen LogP) is 4.12. The van der Waals surface area contributed by atoms with Crippen molar-refractivity contribution in [2.24, 2.45) is 10.9 Å². The van der Waals surface area contributed by atoms with Gasteiger partial charge in [0.2, 0.25) is 0 Å². The molecule has 0 aromatic heterocycles. The number of hydrogen-bond acceptors (Lipinski definition) is 5. The Morgan fingerprint density at radius 3 is 2.56 bits per heavy atom. The highest BCUT2D eigenvalue weighted by atomic mass is 16.8. The molecule has 0 bridgehead atoms. The minimum Gasteiger partial charge on any atom is -0.433 e. The van der Waals surface area contributed by atoms with Crippen LogP contribution < -0.4 is 10.6 Å². The van der Waals surface area contributed by atoms with Gasteiger partial charge in [0.05, 0.1) is 23.7 Å². The second-order valence-electron chi connectivity index (χ2n) is 6.08. The van der Waals surface area contributed by atoms with Crippen LogP contribution in [0.5, 0.6) is 0 Å². The molecule has 0 radical (unpaired) electrons. The van der Waals surface area contributed by atoms with Gasteiger partial charge in [-0.2, -0.15) is 0 Å². The number of unbranched alkanes of at least 4 members (excludes halogenated alkanes) is 1. The van der Waals surface area contributed by atoms with E-state index in [1.54, 1.807) is 12.1 Å². The second kappa shape index (κ2) is 8.35. The summed E-state index contributed by atoms with van der Waals surface area (Å²) >= 11 is 0. The van der Waals surface area contributed by atoms with Crippen LogP contribution in [0.15, 0.2) is 53.7 Å². The molecule has 3 rings (SSSR count). The topological polar surface area (TPSA) is 94.2 Å². The van der Waals surface area contributed by atoms with Crippen LogP contribution in [0.1, 0.15) is 30.9 Å². The van der Waals surface area contributed by atoms with Crippen LogP contribution in [-0.2, 0) is 16.0 Å². The zero-order chi connectivity index (χ0) is 19.2. The number of amides is 2. The summed E-state index contributed by atoms with van der Waals surface area (Å²) in [5.74, 6) is 0. The fourth-order valence-corrected chi connectivity index (χ4v) is 2.93. The molecule has 1 aliphatic rings. The first-order valence-corrected chi connectivity index (χ1v) is 8.79. The van der Waals surface area contributed by atoms with Crippen molar-refractivity contribution in [1.29, 1.82) is 0 Å². The highest BCUT2D eigenvalue weighted by Crippen LogP contribution is 2.35. The molecule has 2 amide bonds. The van der Waals surface area contributed by atoms with Gasteiger partial charge in [0.1, 0.15) is 0 Å². The lowest BCUT2D eigenvalue weighted by Gasteiger charge is -2.22. The van der Waals surface area contributed by atoms with E-state index in [0.29, 0.717) is 29.1 Å². The number of carbonyl (C=O) groups is 2. The van der Waals surface area contributed by atoms with Crippen molar-refractivity contribution in [3.05, 3.63) is 59.7 Å². The summed E-state index contributed by atoms with van der Waals surface area (Å²) in [5, 5.41) is 4.02. The minimum absolute atomic E-state index is 0.287. The molecule has 2 aromatic carbocycles. The third kappa shape index (κ3) is 4.08. The molecule has 7 nitrogen and oxygen atoms in total. The largest absolute Gasteiger partial charge is 0.535 e. The van der Waals surface area contributed by atoms with Crippen LogP contribution in [-0.4, -0.2) is 24.5 Å². The Hall–Kier alpha value is -3.35. The van der Waals surface area contributed by atoms with Gasteiger partial charge in [-0.3, -0.25) is 9.74 Å². The third-order valence-electron chi connectivity index (χ3n) is 4.21. The lowest BCUT2D eigenvalue weighted by Crippen LogP contribution is -2.32. The smallest absolute Gasteiger partial charge is 0.433 e. The third-order valence-corrected chi connectivity index (χ3v) is 4.21. The summed E-state index contributed by atoms with van der Waals surface area (Å²) in [4.78, 5) is 30.3. The number of nitrogens with zero attached hydrogens (tertiary/aromatic N) is 2. The average Bonchev–Trinajstić information content (AvgIpc) is 2.81. The van der Waals surface area contributed by atoms with Gasteiger partial charge in [0.25, 0.3) is 0 Å². The van der Waals surface area contributed by atoms with E-state index < -0.39 is 12.2 Å². The molecule has 1 heterocycles. The summed E-state index contributed by atoms with van der Waals surface area (Å²) in [6.45, 7) is 2.29. The molecule has 0 saturated carbocycles. The molecule has 0 fully saturated rings. The minimum atomic E-state index is -0.849. The first-order valence-electron chi connectivity index (χ1n) is 8.79. The Kier molecular flexibility index (Phi) is 5.71. The molecule has 0 aliphatic carbocycles. The van der Waals surface area contributed by atoms with E-state index in [2.05, 4.69) is 5.16 Å². The molecular weight excluding hydrogens is 346 g/mol. The maximum Gasteiger partial charge on any atom is 0.535 e. The van der Waals surface area contributed by atoms with E-state index in [4.69, 9.17) is 15.3 Å². The number of ether oxygens (including phenoxy) is 1. The molecule has 27 heavy (non-hydrogen) atoms. The zero-order valence-electron chi connectivity index (χ0n) is 15.1. The quantitative estimate of drug-likeness (QED) is 0.381. The first kappa shape index (κ1) is 18.4. The van der Waals surface area contributed by atoms with Crippen LogP contribution in [0, 0.1) is 0 Å². The van der Waals surface area contributed by atoms with E-state index >= 15 is 0 Å². The number of nitrogens with two attached hydrogens (primary N) is 1. The number of urea groups is 1. The molecule has 0 atom stereocenters. The molecule has 2 N–H and O–H groups in total. The van der Waals surface area contributed by atoms with Gasteiger partial charge in [-0.25, -0.2) is 9.59 Å². The van der Waals surface area contributed by atoms with Crippen molar-refractivity contribution in [2.45, 2.75) is 26.2 Å². The summed E-state index contributed by atoms with van der Waals surface area (Å²) < 4.78 is 4.97. The summed E-state index contributed by atoms with van der Waals surface area (Å²) in [6, 6.07) is 14.0. The molecule has 0 saturated heterocycles. The molecule has 2 aromatic rings. The number of carbonyl (C=O) groups excluding carboxylic acids is 2. The van der Waals surface area contributed by atoms with Gasteiger partial charge in [-0.15, -0.1) is 0 Å². The van der Waals surface area contributed by atoms with Crippen molar-refractivity contribution >= 4 is 29.3 Å². The Morgan fingerprint density at radius 2 is 1.81 bits per heavy atom.